The van der Waals surface area contributed by atoms with Crippen molar-refractivity contribution in [2.45, 2.75) is 55.5 Å². The lowest BCUT2D eigenvalue weighted by molar-refractivity contribution is -0.145. The van der Waals surface area contributed by atoms with Crippen LogP contribution in [0.3, 0.4) is 0 Å². The average Bonchev–Trinajstić information content (AvgIpc) is 3.35. The lowest BCUT2D eigenvalue weighted by atomic mass is 9.84. The highest BCUT2D eigenvalue weighted by molar-refractivity contribution is 7.89. The van der Waals surface area contributed by atoms with Gasteiger partial charge in [-0.2, -0.15) is 4.31 Å². The number of carbonyl (C=O) groups excluding carboxylic acids is 1. The first-order valence-corrected chi connectivity index (χ1v) is 12.3. The number of fused-ring (bicyclic) bond motifs is 2. The zero-order chi connectivity index (χ0) is 21.8. The first-order chi connectivity index (χ1) is 14.0. The summed E-state index contributed by atoms with van der Waals surface area (Å²) in [4.78, 5) is 25.0. The molecule has 30 heavy (non-hydrogen) atoms. The van der Waals surface area contributed by atoms with Crippen LogP contribution in [0.25, 0.3) is 0 Å². The van der Waals surface area contributed by atoms with Gasteiger partial charge in [0.25, 0.3) is 0 Å². The van der Waals surface area contributed by atoms with Crippen molar-refractivity contribution in [2.24, 2.45) is 17.8 Å². The number of aliphatic carboxylic acids is 1. The second kappa shape index (κ2) is 7.65. The van der Waals surface area contributed by atoms with Crippen molar-refractivity contribution in [3.8, 4) is 0 Å². The predicted octanol–water partition coefficient (Wildman–Crippen LogP) is 3.15. The number of carboxylic acids is 1. The van der Waals surface area contributed by atoms with Crippen LogP contribution >= 0.6 is 23.2 Å². The van der Waals surface area contributed by atoms with Gasteiger partial charge in [0.2, 0.25) is 15.9 Å². The summed E-state index contributed by atoms with van der Waals surface area (Å²) in [5, 5.41) is 13.0. The van der Waals surface area contributed by atoms with Gasteiger partial charge in [-0.1, -0.05) is 23.2 Å². The van der Waals surface area contributed by atoms with Gasteiger partial charge in [0.05, 0.1) is 10.8 Å². The SMILES string of the molecule is C[C@@]1(C(=O)NC2C3CCC(C3)C2C(=O)O)CCCN1S(=O)(=O)c1cc(Cl)cc(Cl)c1. The van der Waals surface area contributed by atoms with Crippen LogP contribution in [0.1, 0.15) is 39.0 Å². The Morgan fingerprint density at radius 1 is 1.17 bits per heavy atom. The third-order valence-corrected chi connectivity index (χ3v) is 9.42. The van der Waals surface area contributed by atoms with Crippen molar-refractivity contribution < 1.29 is 23.1 Å². The predicted molar refractivity (Wildman–Crippen MR) is 112 cm³/mol. The quantitative estimate of drug-likeness (QED) is 0.681. The van der Waals surface area contributed by atoms with Crippen LogP contribution in [-0.2, 0) is 19.6 Å². The van der Waals surface area contributed by atoms with Crippen LogP contribution in [0.2, 0.25) is 10.0 Å². The summed E-state index contributed by atoms with van der Waals surface area (Å²) in [7, 11) is -4.02. The molecule has 1 amide bonds. The molecule has 0 aromatic heterocycles. The molecule has 2 saturated carbocycles. The summed E-state index contributed by atoms with van der Waals surface area (Å²) in [5.41, 5.74) is -1.31. The standard InChI is InChI=1S/C20H24Cl2N2O5S/c1-20(19(27)23-17-12-4-3-11(7-12)16(17)18(25)26)5-2-6-24(20)30(28,29)15-9-13(21)8-14(22)10-15/h8-12,16-17H,2-7H2,1H3,(H,23,27)(H,25,26)/t11?,12?,16?,17?,20-/m0/s1. The Kier molecular flexibility index (Phi) is 5.58. The molecule has 1 aromatic rings. The third-order valence-electron chi connectivity index (χ3n) is 6.99. The number of carboxylic acid groups (broad SMARTS) is 1. The summed E-state index contributed by atoms with van der Waals surface area (Å²) in [6, 6.07) is 3.61. The molecule has 3 aliphatic rings. The van der Waals surface area contributed by atoms with Crippen LogP contribution in [0, 0.1) is 17.8 Å². The summed E-state index contributed by atoms with van der Waals surface area (Å²) in [6.07, 6.45) is 3.42. The smallest absolute Gasteiger partial charge is 0.308 e. The second-order valence-electron chi connectivity index (χ2n) is 8.76. The highest BCUT2D eigenvalue weighted by Crippen LogP contribution is 2.49. The fourth-order valence-corrected chi connectivity index (χ4v) is 8.05. The van der Waals surface area contributed by atoms with E-state index in [-0.39, 0.29) is 33.3 Å². The zero-order valence-corrected chi connectivity index (χ0v) is 18.8. The lowest BCUT2D eigenvalue weighted by Crippen LogP contribution is -2.59. The Bertz CT molecular complexity index is 981. The van der Waals surface area contributed by atoms with E-state index in [1.807, 2.05) is 0 Å². The van der Waals surface area contributed by atoms with Crippen molar-refractivity contribution in [2.75, 3.05) is 6.54 Å². The van der Waals surface area contributed by atoms with Crippen molar-refractivity contribution in [1.29, 1.82) is 0 Å². The summed E-state index contributed by atoms with van der Waals surface area (Å²) in [6.45, 7) is 1.79. The molecule has 164 valence electrons. The van der Waals surface area contributed by atoms with Crippen molar-refractivity contribution in [3.63, 3.8) is 0 Å². The average molecular weight is 475 g/mol. The summed E-state index contributed by atoms with van der Waals surface area (Å²) in [5.74, 6) is -1.76. The first-order valence-electron chi connectivity index (χ1n) is 10.1. The van der Waals surface area contributed by atoms with Gasteiger partial charge in [-0.15, -0.1) is 0 Å². The largest absolute Gasteiger partial charge is 0.481 e. The van der Waals surface area contributed by atoms with Crippen LogP contribution in [0.5, 0.6) is 0 Å². The molecule has 4 rings (SSSR count). The number of nitrogens with one attached hydrogen (secondary N) is 1. The van der Waals surface area contributed by atoms with E-state index in [4.69, 9.17) is 23.2 Å². The molecule has 1 saturated heterocycles. The van der Waals surface area contributed by atoms with Gasteiger partial charge in [-0.05, 0) is 69.1 Å². The van der Waals surface area contributed by atoms with Gasteiger partial charge in [-0.25, -0.2) is 8.42 Å². The summed E-state index contributed by atoms with van der Waals surface area (Å²) < 4.78 is 27.9. The number of rotatable bonds is 5. The maximum Gasteiger partial charge on any atom is 0.308 e. The number of sulfonamides is 1. The Hall–Kier alpha value is -1.35. The van der Waals surface area contributed by atoms with E-state index in [0.717, 1.165) is 19.3 Å². The van der Waals surface area contributed by atoms with Crippen molar-refractivity contribution in [1.82, 2.24) is 9.62 Å². The maximum atomic E-state index is 13.3. The number of hydrogen-bond acceptors (Lipinski definition) is 4. The Balaban J connectivity index is 1.61. The number of amides is 1. The monoisotopic (exact) mass is 474 g/mol. The van der Waals surface area contributed by atoms with E-state index in [1.54, 1.807) is 6.92 Å². The van der Waals surface area contributed by atoms with Gasteiger partial charge in [-0.3, -0.25) is 9.59 Å². The molecule has 0 radical (unpaired) electrons. The molecule has 4 unspecified atom stereocenters. The molecule has 3 fully saturated rings. The van der Waals surface area contributed by atoms with E-state index in [2.05, 4.69) is 5.32 Å². The van der Waals surface area contributed by atoms with Gasteiger partial charge >= 0.3 is 5.97 Å². The fraction of sp³-hybridized carbons (Fsp3) is 0.600. The lowest BCUT2D eigenvalue weighted by Gasteiger charge is -2.36. The Labute approximate surface area is 185 Å². The van der Waals surface area contributed by atoms with E-state index >= 15 is 0 Å². The van der Waals surface area contributed by atoms with Crippen LogP contribution in [-0.4, -0.2) is 47.8 Å². The van der Waals surface area contributed by atoms with Crippen molar-refractivity contribution >= 4 is 45.1 Å². The molecule has 0 spiro atoms. The normalized spacial score (nSPS) is 33.7. The Morgan fingerprint density at radius 3 is 2.43 bits per heavy atom. The van der Waals surface area contributed by atoms with Gasteiger partial charge in [0.15, 0.2) is 0 Å². The number of nitrogens with zero attached hydrogens (tertiary/aromatic N) is 1. The molecule has 1 aromatic carbocycles. The Morgan fingerprint density at radius 2 is 1.80 bits per heavy atom. The molecule has 1 aliphatic heterocycles. The van der Waals surface area contributed by atoms with Crippen LogP contribution in [0.4, 0.5) is 0 Å². The molecular formula is C20H24Cl2N2O5S. The minimum absolute atomic E-state index is 0.0655. The third kappa shape index (κ3) is 3.51. The maximum absolute atomic E-state index is 13.3. The molecule has 10 heteroatoms. The minimum Gasteiger partial charge on any atom is -0.481 e. The van der Waals surface area contributed by atoms with Crippen LogP contribution < -0.4 is 5.32 Å². The number of benzene rings is 1. The summed E-state index contributed by atoms with van der Waals surface area (Å²) >= 11 is 12.0. The number of hydrogen-bond donors (Lipinski definition) is 2. The molecule has 2 bridgehead atoms. The van der Waals surface area contributed by atoms with Crippen molar-refractivity contribution in [3.05, 3.63) is 28.2 Å². The topological polar surface area (TPSA) is 104 Å². The second-order valence-corrected chi connectivity index (χ2v) is 11.5. The minimum atomic E-state index is -4.02. The first kappa shape index (κ1) is 21.9. The van der Waals surface area contributed by atoms with E-state index in [1.165, 1.54) is 22.5 Å². The van der Waals surface area contributed by atoms with E-state index in [0.29, 0.717) is 12.8 Å². The highest BCUT2D eigenvalue weighted by atomic mass is 35.5. The van der Waals surface area contributed by atoms with Gasteiger partial charge < -0.3 is 10.4 Å². The molecule has 1 heterocycles. The molecular weight excluding hydrogens is 451 g/mol. The molecule has 2 N–H and O–H groups in total. The van der Waals surface area contributed by atoms with Gasteiger partial charge in [0.1, 0.15) is 5.54 Å². The fourth-order valence-electron chi connectivity index (χ4n) is 5.52. The zero-order valence-electron chi connectivity index (χ0n) is 16.5. The van der Waals surface area contributed by atoms with E-state index in [9.17, 15) is 23.1 Å². The van der Waals surface area contributed by atoms with Crippen LogP contribution in [0.15, 0.2) is 23.1 Å². The molecule has 2 aliphatic carbocycles. The number of halogens is 2. The van der Waals surface area contributed by atoms with E-state index < -0.39 is 39.4 Å². The van der Waals surface area contributed by atoms with Gasteiger partial charge in [0, 0.05) is 22.6 Å². The number of carbonyl (C=O) groups is 2. The molecule has 5 atom stereocenters. The highest BCUT2D eigenvalue weighted by Gasteiger charge is 2.55. The molecule has 7 nitrogen and oxygen atoms in total.